The van der Waals surface area contributed by atoms with Crippen LogP contribution in [0.4, 0.5) is 24.5 Å². The van der Waals surface area contributed by atoms with Gasteiger partial charge in [-0.3, -0.25) is 9.10 Å². The van der Waals surface area contributed by atoms with E-state index in [0.717, 1.165) is 16.4 Å². The van der Waals surface area contributed by atoms with E-state index in [0.29, 0.717) is 5.75 Å². The highest BCUT2D eigenvalue weighted by Crippen LogP contribution is 2.39. The normalized spacial score (nSPS) is 15.5. The number of carbonyl (C=O) groups excluding carboxylic acids is 1. The van der Waals surface area contributed by atoms with Crippen molar-refractivity contribution < 1.29 is 40.6 Å². The van der Waals surface area contributed by atoms with Gasteiger partial charge in [-0.2, -0.15) is 0 Å². The fraction of sp³-hybridized carbons (Fsp3) is 0.174. The van der Waals surface area contributed by atoms with E-state index >= 15 is 0 Å². The summed E-state index contributed by atoms with van der Waals surface area (Å²) in [5, 5.41) is 2.77. The molecule has 0 fully saturated rings. The largest absolute Gasteiger partial charge is 0.573 e. The first-order valence-corrected chi connectivity index (χ1v) is 12.1. The van der Waals surface area contributed by atoms with Crippen LogP contribution in [0.1, 0.15) is 0 Å². The van der Waals surface area contributed by atoms with Crippen molar-refractivity contribution in [3.8, 4) is 17.2 Å². The Morgan fingerprint density at radius 1 is 1.06 bits per heavy atom. The number of sulfonamides is 1. The molecular formula is C23H18ClF3N2O6S. The van der Waals surface area contributed by atoms with Crippen molar-refractivity contribution in [3.63, 3.8) is 0 Å². The molecule has 1 heterocycles. The molecule has 0 unspecified atom stereocenters. The lowest BCUT2D eigenvalue weighted by Gasteiger charge is -2.34. The molecule has 3 aromatic carbocycles. The van der Waals surface area contributed by atoms with Gasteiger partial charge in [0.2, 0.25) is 0 Å². The van der Waals surface area contributed by atoms with Crippen molar-refractivity contribution in [3.05, 3.63) is 71.8 Å². The zero-order chi connectivity index (χ0) is 26.1. The minimum absolute atomic E-state index is 0.0458. The van der Waals surface area contributed by atoms with Crippen LogP contribution < -0.4 is 23.8 Å². The van der Waals surface area contributed by atoms with Gasteiger partial charge in [0.15, 0.2) is 6.10 Å². The summed E-state index contributed by atoms with van der Waals surface area (Å²) < 4.78 is 79.7. The summed E-state index contributed by atoms with van der Waals surface area (Å²) in [7, 11) is -2.70. The SMILES string of the molecule is COc1ccc(S(=O)(=O)N2C[C@@H](C(=O)Nc3ccc(OC(F)(F)F)cc3)Oc3ccc(Cl)cc32)cc1. The predicted octanol–water partition coefficient (Wildman–Crippen LogP) is 4.84. The van der Waals surface area contributed by atoms with E-state index in [1.54, 1.807) is 0 Å². The number of halogens is 4. The zero-order valence-corrected chi connectivity index (χ0v) is 20.0. The molecule has 1 aliphatic heterocycles. The number of methoxy groups -OCH3 is 1. The average molecular weight is 543 g/mol. The Kier molecular flexibility index (Phi) is 6.92. The number of nitrogens with one attached hydrogen (secondary N) is 1. The average Bonchev–Trinajstić information content (AvgIpc) is 2.83. The number of benzene rings is 3. The Labute approximate surface area is 209 Å². The fourth-order valence-corrected chi connectivity index (χ4v) is 5.06. The van der Waals surface area contributed by atoms with Crippen molar-refractivity contribution in [2.24, 2.45) is 0 Å². The number of carbonyl (C=O) groups is 1. The maximum atomic E-state index is 13.5. The van der Waals surface area contributed by atoms with Crippen LogP contribution in [-0.4, -0.2) is 40.4 Å². The molecule has 0 radical (unpaired) electrons. The van der Waals surface area contributed by atoms with Crippen molar-refractivity contribution in [2.45, 2.75) is 17.4 Å². The van der Waals surface area contributed by atoms with Gasteiger partial charge in [-0.25, -0.2) is 8.42 Å². The number of fused-ring (bicyclic) bond motifs is 1. The number of anilines is 2. The van der Waals surface area contributed by atoms with Crippen molar-refractivity contribution in [2.75, 3.05) is 23.3 Å². The number of nitrogens with zero attached hydrogens (tertiary/aromatic N) is 1. The Bertz CT molecular complexity index is 1370. The van der Waals surface area contributed by atoms with Crippen LogP contribution in [-0.2, 0) is 14.8 Å². The Morgan fingerprint density at radius 2 is 1.69 bits per heavy atom. The highest BCUT2D eigenvalue weighted by Gasteiger charge is 2.38. The summed E-state index contributed by atoms with van der Waals surface area (Å²) in [5.41, 5.74) is 0.306. The van der Waals surface area contributed by atoms with E-state index < -0.39 is 34.1 Å². The van der Waals surface area contributed by atoms with Crippen molar-refractivity contribution in [1.82, 2.24) is 0 Å². The van der Waals surface area contributed by atoms with E-state index in [-0.39, 0.29) is 33.6 Å². The van der Waals surface area contributed by atoms with Crippen LogP contribution in [0.3, 0.4) is 0 Å². The summed E-state index contributed by atoms with van der Waals surface area (Å²) in [6.45, 7) is -0.386. The third-order valence-corrected chi connectivity index (χ3v) is 7.11. The lowest BCUT2D eigenvalue weighted by atomic mass is 10.2. The molecule has 0 aromatic heterocycles. The standard InChI is InChI=1S/C23H18ClF3N2O6S/c1-33-16-7-9-18(10-8-16)36(31,32)29-13-21(34-20-11-2-14(24)12-19(20)29)22(30)28-15-3-5-17(6-4-15)35-23(25,26)27/h2-12,21H,13H2,1H3,(H,28,30)/t21-/m0/s1. The summed E-state index contributed by atoms with van der Waals surface area (Å²) in [5.74, 6) is -0.605. The number of hydrogen-bond donors (Lipinski definition) is 1. The molecule has 0 saturated heterocycles. The van der Waals surface area contributed by atoms with Gasteiger partial charge in [-0.15, -0.1) is 13.2 Å². The topological polar surface area (TPSA) is 94.2 Å². The second kappa shape index (κ2) is 9.78. The molecule has 190 valence electrons. The zero-order valence-electron chi connectivity index (χ0n) is 18.5. The fourth-order valence-electron chi connectivity index (χ4n) is 3.43. The summed E-state index contributed by atoms with van der Waals surface area (Å²) in [6.07, 6.45) is -6.13. The highest BCUT2D eigenvalue weighted by atomic mass is 35.5. The molecule has 1 atom stereocenters. The molecule has 0 spiro atoms. The van der Waals surface area contributed by atoms with E-state index in [1.165, 1.54) is 61.7 Å². The van der Waals surface area contributed by atoms with Gasteiger partial charge in [0.05, 0.1) is 24.2 Å². The van der Waals surface area contributed by atoms with Gasteiger partial charge in [0.25, 0.3) is 15.9 Å². The van der Waals surface area contributed by atoms with Crippen LogP contribution in [0.5, 0.6) is 17.2 Å². The predicted molar refractivity (Wildman–Crippen MR) is 125 cm³/mol. The highest BCUT2D eigenvalue weighted by molar-refractivity contribution is 7.92. The van der Waals surface area contributed by atoms with Crippen LogP contribution in [0.25, 0.3) is 0 Å². The molecule has 0 aliphatic carbocycles. The first-order valence-electron chi connectivity index (χ1n) is 10.3. The van der Waals surface area contributed by atoms with Gasteiger partial charge in [0, 0.05) is 10.7 Å². The van der Waals surface area contributed by atoms with Crippen LogP contribution in [0.2, 0.25) is 5.02 Å². The molecule has 0 saturated carbocycles. The number of rotatable bonds is 6. The van der Waals surface area contributed by atoms with E-state index in [4.69, 9.17) is 21.1 Å². The summed E-state index contributed by atoms with van der Waals surface area (Å²) in [6, 6.07) is 14.5. The quantitative estimate of drug-likeness (QED) is 0.479. The number of ether oxygens (including phenoxy) is 3. The second-order valence-electron chi connectivity index (χ2n) is 7.49. The summed E-state index contributed by atoms with van der Waals surface area (Å²) in [4.78, 5) is 12.9. The summed E-state index contributed by atoms with van der Waals surface area (Å²) >= 11 is 6.08. The number of hydrogen-bond acceptors (Lipinski definition) is 6. The second-order valence-corrected chi connectivity index (χ2v) is 9.79. The molecule has 1 aliphatic rings. The molecule has 8 nitrogen and oxygen atoms in total. The van der Waals surface area contributed by atoms with Gasteiger partial charge in [0.1, 0.15) is 17.2 Å². The Hall–Kier alpha value is -3.64. The van der Waals surface area contributed by atoms with E-state index in [1.807, 2.05) is 0 Å². The monoisotopic (exact) mass is 542 g/mol. The third-order valence-electron chi connectivity index (χ3n) is 5.09. The number of amides is 1. The molecule has 13 heteroatoms. The number of alkyl halides is 3. The van der Waals surface area contributed by atoms with Gasteiger partial charge in [-0.1, -0.05) is 11.6 Å². The first-order chi connectivity index (χ1) is 17.0. The van der Waals surface area contributed by atoms with E-state index in [2.05, 4.69) is 10.1 Å². The molecule has 3 aromatic rings. The molecule has 1 N–H and O–H groups in total. The van der Waals surface area contributed by atoms with Gasteiger partial charge < -0.3 is 19.5 Å². The third kappa shape index (κ3) is 5.60. The van der Waals surface area contributed by atoms with Crippen molar-refractivity contribution >= 4 is 38.9 Å². The Balaban J connectivity index is 1.59. The maximum Gasteiger partial charge on any atom is 0.573 e. The lowest BCUT2D eigenvalue weighted by Crippen LogP contribution is -2.48. The smallest absolute Gasteiger partial charge is 0.497 e. The molecule has 4 rings (SSSR count). The first kappa shape index (κ1) is 25.5. The molecule has 0 bridgehead atoms. The van der Waals surface area contributed by atoms with Crippen LogP contribution >= 0.6 is 11.6 Å². The van der Waals surface area contributed by atoms with Crippen LogP contribution in [0, 0.1) is 0 Å². The molecular weight excluding hydrogens is 525 g/mol. The van der Waals surface area contributed by atoms with Crippen LogP contribution in [0.15, 0.2) is 71.6 Å². The minimum Gasteiger partial charge on any atom is -0.497 e. The van der Waals surface area contributed by atoms with Gasteiger partial charge in [-0.05, 0) is 66.7 Å². The Morgan fingerprint density at radius 3 is 2.31 bits per heavy atom. The van der Waals surface area contributed by atoms with Gasteiger partial charge >= 0.3 is 6.36 Å². The minimum atomic E-state index is -4.85. The van der Waals surface area contributed by atoms with Crippen molar-refractivity contribution in [1.29, 1.82) is 0 Å². The van der Waals surface area contributed by atoms with E-state index in [9.17, 15) is 26.4 Å². The lowest BCUT2D eigenvalue weighted by molar-refractivity contribution is -0.274. The maximum absolute atomic E-state index is 13.5. The molecule has 36 heavy (non-hydrogen) atoms. The molecule has 1 amide bonds.